The molecule has 2 nitrogen and oxygen atoms in total. The molecule has 0 amide bonds. The number of rotatable bonds is 4. The second kappa shape index (κ2) is 4.27. The Morgan fingerprint density at radius 1 is 1.47 bits per heavy atom. The zero-order valence-electron chi connectivity index (χ0n) is 8.30. The summed E-state index contributed by atoms with van der Waals surface area (Å²) in [5.41, 5.74) is 5.90. The minimum atomic E-state index is -0.510. The van der Waals surface area contributed by atoms with Crippen LogP contribution >= 0.6 is 11.6 Å². The van der Waals surface area contributed by atoms with Crippen LogP contribution in [0, 0.1) is 11.7 Å². The first-order valence-electron chi connectivity index (χ1n) is 5.04. The smallest absolute Gasteiger partial charge is 0.144 e. The predicted molar refractivity (Wildman–Crippen MR) is 58.7 cm³/mol. The highest BCUT2D eigenvalue weighted by molar-refractivity contribution is 6.31. The first kappa shape index (κ1) is 10.6. The lowest BCUT2D eigenvalue weighted by molar-refractivity contribution is 0.303. The van der Waals surface area contributed by atoms with Gasteiger partial charge in [0.05, 0.1) is 17.3 Å². The molecule has 0 heterocycles. The van der Waals surface area contributed by atoms with Gasteiger partial charge in [0.1, 0.15) is 11.6 Å². The normalized spacial score (nSPS) is 15.3. The van der Waals surface area contributed by atoms with Crippen LogP contribution in [0.1, 0.15) is 19.3 Å². The first-order chi connectivity index (χ1) is 7.16. The second-order valence-electron chi connectivity index (χ2n) is 3.88. The Morgan fingerprint density at radius 3 is 2.87 bits per heavy atom. The van der Waals surface area contributed by atoms with E-state index in [1.165, 1.54) is 25.0 Å². The average molecular weight is 230 g/mol. The lowest BCUT2D eigenvalue weighted by Gasteiger charge is -2.09. The number of nitrogens with two attached hydrogens (primary N) is 1. The molecule has 0 unspecified atom stereocenters. The summed E-state index contributed by atoms with van der Waals surface area (Å²) < 4.78 is 18.4. The van der Waals surface area contributed by atoms with Crippen molar-refractivity contribution in [3.8, 4) is 5.75 Å². The van der Waals surface area contributed by atoms with Crippen LogP contribution in [0.3, 0.4) is 0 Å². The summed E-state index contributed by atoms with van der Waals surface area (Å²) in [6.45, 7) is 0.622. The fraction of sp³-hybridized carbons (Fsp3) is 0.455. The Labute approximate surface area is 93.2 Å². The van der Waals surface area contributed by atoms with Gasteiger partial charge in [-0.25, -0.2) is 4.39 Å². The van der Waals surface area contributed by atoms with Gasteiger partial charge in [-0.15, -0.1) is 0 Å². The summed E-state index contributed by atoms with van der Waals surface area (Å²) in [6.07, 6.45) is 3.63. The van der Waals surface area contributed by atoms with Gasteiger partial charge in [-0.05, 0) is 12.3 Å². The monoisotopic (exact) mass is 229 g/mol. The molecule has 0 aliphatic heterocycles. The molecule has 0 saturated heterocycles. The number of hydrogen-bond acceptors (Lipinski definition) is 2. The van der Waals surface area contributed by atoms with E-state index in [2.05, 4.69) is 0 Å². The Kier molecular flexibility index (Phi) is 3.00. The Balaban J connectivity index is 1.96. The number of benzene rings is 1. The fourth-order valence-electron chi connectivity index (χ4n) is 1.41. The highest BCUT2D eigenvalue weighted by Gasteiger charge is 2.20. The van der Waals surface area contributed by atoms with E-state index in [4.69, 9.17) is 22.1 Å². The third-order valence-corrected chi connectivity index (χ3v) is 2.82. The maximum absolute atomic E-state index is 13.0. The van der Waals surface area contributed by atoms with Crippen molar-refractivity contribution < 1.29 is 9.13 Å². The van der Waals surface area contributed by atoms with E-state index in [1.807, 2.05) is 0 Å². The van der Waals surface area contributed by atoms with Gasteiger partial charge >= 0.3 is 0 Å². The van der Waals surface area contributed by atoms with Crippen LogP contribution in [0.5, 0.6) is 5.75 Å². The molecule has 82 valence electrons. The molecule has 15 heavy (non-hydrogen) atoms. The molecular formula is C11H13ClFNO. The molecule has 0 radical (unpaired) electrons. The molecular weight excluding hydrogens is 217 g/mol. The zero-order chi connectivity index (χ0) is 10.8. The van der Waals surface area contributed by atoms with Crippen molar-refractivity contribution in [2.45, 2.75) is 19.3 Å². The van der Waals surface area contributed by atoms with Crippen LogP contribution < -0.4 is 10.5 Å². The van der Waals surface area contributed by atoms with Crippen molar-refractivity contribution in [3.05, 3.63) is 23.0 Å². The van der Waals surface area contributed by atoms with Gasteiger partial charge in [-0.1, -0.05) is 24.4 Å². The van der Waals surface area contributed by atoms with E-state index in [9.17, 15) is 4.39 Å². The number of nitrogen functional groups attached to an aromatic ring is 1. The zero-order valence-corrected chi connectivity index (χ0v) is 9.06. The summed E-state index contributed by atoms with van der Waals surface area (Å²) >= 11 is 5.63. The van der Waals surface area contributed by atoms with E-state index < -0.39 is 5.82 Å². The van der Waals surface area contributed by atoms with Gasteiger partial charge in [-0.3, -0.25) is 0 Å². The Bertz CT molecular complexity index is 366. The number of hydrogen-bond donors (Lipinski definition) is 1. The third kappa shape index (κ3) is 2.75. The largest absolute Gasteiger partial charge is 0.491 e. The number of ether oxygens (including phenoxy) is 1. The van der Waals surface area contributed by atoms with Gasteiger partial charge in [0.25, 0.3) is 0 Å². The van der Waals surface area contributed by atoms with Crippen molar-refractivity contribution in [2.75, 3.05) is 12.3 Å². The van der Waals surface area contributed by atoms with Crippen molar-refractivity contribution in [1.82, 2.24) is 0 Å². The number of anilines is 1. The van der Waals surface area contributed by atoms with E-state index in [0.717, 1.165) is 12.3 Å². The minimum absolute atomic E-state index is 0.0469. The standard InChI is InChI=1S/C11H13ClFNO/c12-8-5-11(10(14)6-9(8)13)15-4-3-7-1-2-7/h5-7H,1-4,14H2. The van der Waals surface area contributed by atoms with Gasteiger partial charge in [-0.2, -0.15) is 0 Å². The van der Waals surface area contributed by atoms with Crippen molar-refractivity contribution in [2.24, 2.45) is 5.92 Å². The van der Waals surface area contributed by atoms with Gasteiger partial charge < -0.3 is 10.5 Å². The molecule has 4 heteroatoms. The topological polar surface area (TPSA) is 35.2 Å². The van der Waals surface area contributed by atoms with Crippen molar-refractivity contribution in [3.63, 3.8) is 0 Å². The summed E-state index contributed by atoms with van der Waals surface area (Å²) in [6, 6.07) is 2.62. The molecule has 0 bridgehead atoms. The molecule has 1 aliphatic carbocycles. The molecule has 1 aliphatic rings. The van der Waals surface area contributed by atoms with Gasteiger partial charge in [0.2, 0.25) is 0 Å². The molecule has 1 fully saturated rings. The Morgan fingerprint density at radius 2 is 2.20 bits per heavy atom. The quantitative estimate of drug-likeness (QED) is 0.805. The Hall–Kier alpha value is -0.960. The molecule has 0 spiro atoms. The van der Waals surface area contributed by atoms with Crippen LogP contribution in [0.4, 0.5) is 10.1 Å². The molecule has 0 aromatic heterocycles. The first-order valence-corrected chi connectivity index (χ1v) is 5.42. The van der Waals surface area contributed by atoms with E-state index in [-0.39, 0.29) is 5.02 Å². The lowest BCUT2D eigenvalue weighted by atomic mass is 10.3. The van der Waals surface area contributed by atoms with Crippen LogP contribution in [0.25, 0.3) is 0 Å². The maximum Gasteiger partial charge on any atom is 0.144 e. The minimum Gasteiger partial charge on any atom is -0.491 e. The molecule has 2 N–H and O–H groups in total. The summed E-state index contributed by atoms with van der Waals surface area (Å²) in [7, 11) is 0. The SMILES string of the molecule is Nc1cc(F)c(Cl)cc1OCCC1CC1. The lowest BCUT2D eigenvalue weighted by Crippen LogP contribution is -2.01. The third-order valence-electron chi connectivity index (χ3n) is 2.53. The van der Waals surface area contributed by atoms with E-state index in [1.54, 1.807) is 0 Å². The molecule has 0 atom stereocenters. The molecule has 1 aromatic carbocycles. The van der Waals surface area contributed by atoms with E-state index >= 15 is 0 Å². The van der Waals surface area contributed by atoms with Crippen LogP contribution in [-0.4, -0.2) is 6.61 Å². The second-order valence-corrected chi connectivity index (χ2v) is 4.29. The van der Waals surface area contributed by atoms with Gasteiger partial charge in [0, 0.05) is 12.1 Å². The molecule has 1 aromatic rings. The number of halogens is 2. The molecule has 1 saturated carbocycles. The van der Waals surface area contributed by atoms with E-state index in [0.29, 0.717) is 18.0 Å². The highest BCUT2D eigenvalue weighted by Crippen LogP contribution is 2.33. The highest BCUT2D eigenvalue weighted by atomic mass is 35.5. The predicted octanol–water partition coefficient (Wildman–Crippen LogP) is 3.24. The van der Waals surface area contributed by atoms with Crippen LogP contribution in [0.2, 0.25) is 5.02 Å². The summed E-state index contributed by atoms with van der Waals surface area (Å²) in [4.78, 5) is 0. The summed E-state index contributed by atoms with van der Waals surface area (Å²) in [5.74, 6) is 0.771. The summed E-state index contributed by atoms with van der Waals surface area (Å²) in [5, 5.41) is 0.0469. The fourth-order valence-corrected chi connectivity index (χ4v) is 1.56. The molecule has 2 rings (SSSR count). The average Bonchev–Trinajstić information content (AvgIpc) is 2.97. The van der Waals surface area contributed by atoms with Gasteiger partial charge in [0.15, 0.2) is 0 Å². The van der Waals surface area contributed by atoms with Crippen LogP contribution in [0.15, 0.2) is 12.1 Å². The maximum atomic E-state index is 13.0. The van der Waals surface area contributed by atoms with Crippen molar-refractivity contribution >= 4 is 17.3 Å². The van der Waals surface area contributed by atoms with Crippen molar-refractivity contribution in [1.29, 1.82) is 0 Å². The van der Waals surface area contributed by atoms with Crippen LogP contribution in [-0.2, 0) is 0 Å².